The number of amides is 1. The number of esters is 1. The molecular weight excluding hydrogens is 695 g/mol. The Morgan fingerprint density at radius 2 is 1.96 bits per heavy atom. The van der Waals surface area contributed by atoms with Gasteiger partial charge in [0.1, 0.15) is 29.6 Å². The van der Waals surface area contributed by atoms with Crippen molar-refractivity contribution in [2.45, 2.75) is 44.6 Å². The van der Waals surface area contributed by atoms with E-state index in [1.165, 1.54) is 51.4 Å². The highest BCUT2D eigenvalue weighted by molar-refractivity contribution is 7.10. The van der Waals surface area contributed by atoms with E-state index in [-0.39, 0.29) is 25.3 Å². The van der Waals surface area contributed by atoms with Gasteiger partial charge in [-0.15, -0.1) is 16.0 Å². The molecule has 0 aliphatic heterocycles. The standard InChI is InChI=1S/C36H37F2N8O5S/c1-23(34-43-31(19-52-34)26-9-7-25(17-39)8-10-26)36(49,29-16-28(37)11-12-30(29)38)20-46-22-45(21-42-46)24(2)51-35(48)44(4)33-27(6-5-14-41-33)13-15-50-32(47)18-40-3/h5-12,14,16,19,21-24,40,49H,13,15,18,20H2,1-4H3/q+1/t23-,24?,36-/m1/s1. The Morgan fingerprint density at radius 1 is 1.19 bits per heavy atom. The number of pyridine rings is 1. The molecule has 3 atom stereocenters. The maximum absolute atomic E-state index is 15.3. The second kappa shape index (κ2) is 16.6. The molecule has 5 rings (SSSR count). The van der Waals surface area contributed by atoms with Gasteiger partial charge in [-0.3, -0.25) is 9.69 Å². The van der Waals surface area contributed by atoms with Crippen LogP contribution in [0.5, 0.6) is 0 Å². The van der Waals surface area contributed by atoms with Crippen molar-refractivity contribution >= 4 is 29.2 Å². The molecule has 52 heavy (non-hydrogen) atoms. The molecule has 3 aromatic heterocycles. The normalized spacial score (nSPS) is 13.4. The predicted molar refractivity (Wildman–Crippen MR) is 186 cm³/mol. The molecular formula is C36H37F2N8O5S+. The van der Waals surface area contributed by atoms with Crippen molar-refractivity contribution in [3.05, 3.63) is 112 Å². The van der Waals surface area contributed by atoms with E-state index >= 15 is 4.39 Å². The van der Waals surface area contributed by atoms with Crippen LogP contribution >= 0.6 is 11.3 Å². The van der Waals surface area contributed by atoms with E-state index in [0.29, 0.717) is 34.1 Å². The third kappa shape index (κ3) is 8.62. The molecule has 270 valence electrons. The minimum Gasteiger partial charge on any atom is -0.464 e. The van der Waals surface area contributed by atoms with Crippen molar-refractivity contribution in [1.29, 1.82) is 5.26 Å². The lowest BCUT2D eigenvalue weighted by Gasteiger charge is -2.32. The first-order valence-electron chi connectivity index (χ1n) is 16.2. The first-order chi connectivity index (χ1) is 24.9. The maximum Gasteiger partial charge on any atom is 0.418 e. The molecule has 16 heteroatoms. The fourth-order valence-electron chi connectivity index (χ4n) is 5.45. The van der Waals surface area contributed by atoms with Crippen molar-refractivity contribution in [2.75, 3.05) is 32.1 Å². The zero-order chi connectivity index (χ0) is 37.4. The van der Waals surface area contributed by atoms with E-state index in [1.54, 1.807) is 62.7 Å². The van der Waals surface area contributed by atoms with Gasteiger partial charge in [0.15, 0.2) is 0 Å². The third-order valence-electron chi connectivity index (χ3n) is 8.42. The highest BCUT2D eigenvalue weighted by atomic mass is 32.1. The van der Waals surface area contributed by atoms with Gasteiger partial charge in [-0.05, 0) is 49.0 Å². The summed E-state index contributed by atoms with van der Waals surface area (Å²) >= 11 is 1.25. The molecule has 2 N–H and O–H groups in total. The van der Waals surface area contributed by atoms with Crippen LogP contribution in [-0.2, 0) is 32.8 Å². The van der Waals surface area contributed by atoms with Crippen LogP contribution < -0.4 is 14.8 Å². The van der Waals surface area contributed by atoms with Gasteiger partial charge in [0.2, 0.25) is 12.6 Å². The number of benzene rings is 2. The monoisotopic (exact) mass is 731 g/mol. The summed E-state index contributed by atoms with van der Waals surface area (Å²) < 4.78 is 43.6. The van der Waals surface area contributed by atoms with E-state index in [2.05, 4.69) is 21.5 Å². The largest absolute Gasteiger partial charge is 0.464 e. The van der Waals surface area contributed by atoms with Crippen molar-refractivity contribution in [1.82, 2.24) is 25.1 Å². The van der Waals surface area contributed by atoms with E-state index in [1.807, 2.05) is 0 Å². The molecule has 1 amide bonds. The minimum atomic E-state index is -2.04. The first kappa shape index (κ1) is 37.6. The average molecular weight is 732 g/mol. The average Bonchev–Trinajstić information content (AvgIpc) is 3.83. The molecule has 0 spiro atoms. The molecule has 0 bridgehead atoms. The van der Waals surface area contributed by atoms with Crippen LogP contribution in [-0.4, -0.2) is 64.2 Å². The van der Waals surface area contributed by atoms with Gasteiger partial charge in [-0.25, -0.2) is 23.5 Å². The molecule has 5 aromatic rings. The summed E-state index contributed by atoms with van der Waals surface area (Å²) in [5.41, 5.74) is 0.196. The SMILES string of the molecule is CNCC(=O)OCCc1cccnc1N(C)C(=O)OC(C)[n+]1cnn(C[C@](O)(c2cc(F)ccc2F)[C@H](C)c2nc(-c3ccc(C#N)cc3)cs2)c1. The van der Waals surface area contributed by atoms with Crippen molar-refractivity contribution < 1.29 is 37.5 Å². The van der Waals surface area contributed by atoms with E-state index < -0.39 is 41.4 Å². The molecule has 0 fully saturated rings. The fraction of sp³-hybridized carbons (Fsp3) is 0.306. The Bertz CT molecular complexity index is 2070. The number of halogens is 2. The zero-order valence-electron chi connectivity index (χ0n) is 28.9. The molecule has 1 unspecified atom stereocenters. The molecule has 0 saturated carbocycles. The van der Waals surface area contributed by atoms with E-state index in [4.69, 9.17) is 19.7 Å². The quantitative estimate of drug-likeness (QED) is 0.122. The van der Waals surface area contributed by atoms with Crippen molar-refractivity contribution in [3.63, 3.8) is 0 Å². The smallest absolute Gasteiger partial charge is 0.418 e. The summed E-state index contributed by atoms with van der Waals surface area (Å²) in [4.78, 5) is 35.2. The summed E-state index contributed by atoms with van der Waals surface area (Å²) in [5.74, 6) is -2.47. The number of nitriles is 1. The number of aromatic nitrogens is 5. The van der Waals surface area contributed by atoms with Crippen LogP contribution in [0.2, 0.25) is 0 Å². The number of carbonyl (C=O) groups is 2. The molecule has 3 heterocycles. The first-order valence-corrected chi connectivity index (χ1v) is 17.1. The van der Waals surface area contributed by atoms with E-state index in [0.717, 1.165) is 23.8 Å². The van der Waals surface area contributed by atoms with Gasteiger partial charge in [0.05, 0.1) is 35.5 Å². The van der Waals surface area contributed by atoms with Gasteiger partial charge >= 0.3 is 12.1 Å². The number of ether oxygens (including phenoxy) is 2. The number of hydrogen-bond acceptors (Lipinski definition) is 11. The lowest BCUT2D eigenvalue weighted by atomic mass is 9.82. The summed E-state index contributed by atoms with van der Waals surface area (Å²) in [6.45, 7) is 3.14. The van der Waals surface area contributed by atoms with Gasteiger partial charge < -0.3 is 19.9 Å². The van der Waals surface area contributed by atoms with Crippen LogP contribution in [0.1, 0.15) is 47.7 Å². The third-order valence-corrected chi connectivity index (χ3v) is 9.45. The van der Waals surface area contributed by atoms with Crippen molar-refractivity contribution in [3.8, 4) is 17.3 Å². The molecule has 0 aliphatic carbocycles. The summed E-state index contributed by atoms with van der Waals surface area (Å²) in [6.07, 6.45) is 3.09. The number of likely N-dealkylation sites (N-methyl/N-ethyl adjacent to an activating group) is 1. The Kier molecular flexibility index (Phi) is 12.0. The highest BCUT2D eigenvalue weighted by Crippen LogP contribution is 2.41. The number of hydrogen-bond donors (Lipinski definition) is 2. The molecule has 2 aromatic carbocycles. The Morgan fingerprint density at radius 3 is 2.69 bits per heavy atom. The number of carbonyl (C=O) groups excluding carboxylic acids is 2. The minimum absolute atomic E-state index is 0.0754. The highest BCUT2D eigenvalue weighted by Gasteiger charge is 2.43. The maximum atomic E-state index is 15.3. The zero-order valence-corrected chi connectivity index (χ0v) is 29.7. The van der Waals surface area contributed by atoms with Crippen LogP contribution in [0.3, 0.4) is 0 Å². The lowest BCUT2D eigenvalue weighted by Crippen LogP contribution is -2.42. The molecule has 0 aliphatic rings. The van der Waals surface area contributed by atoms with Crippen LogP contribution in [0, 0.1) is 23.0 Å². The van der Waals surface area contributed by atoms with Gasteiger partial charge in [-0.1, -0.05) is 25.1 Å². The van der Waals surface area contributed by atoms with Crippen LogP contribution in [0.25, 0.3) is 11.3 Å². The number of nitrogens with zero attached hydrogens (tertiary/aromatic N) is 7. The molecule has 13 nitrogen and oxygen atoms in total. The van der Waals surface area contributed by atoms with Crippen LogP contribution in [0.15, 0.2) is 78.8 Å². The second-order valence-corrected chi connectivity index (χ2v) is 12.8. The Balaban J connectivity index is 1.33. The lowest BCUT2D eigenvalue weighted by molar-refractivity contribution is -0.753. The number of thiazole rings is 1. The van der Waals surface area contributed by atoms with Gasteiger partial charge in [0.25, 0.3) is 6.33 Å². The van der Waals surface area contributed by atoms with Gasteiger partial charge in [0, 0.05) is 54.1 Å². The predicted octanol–water partition coefficient (Wildman–Crippen LogP) is 4.63. The summed E-state index contributed by atoms with van der Waals surface area (Å²) in [6, 6.07) is 15.3. The van der Waals surface area contributed by atoms with Crippen LogP contribution in [0.4, 0.5) is 19.4 Å². The van der Waals surface area contributed by atoms with E-state index in [9.17, 15) is 19.1 Å². The number of anilines is 1. The Hall–Kier alpha value is -5.63. The Labute approximate surface area is 302 Å². The number of rotatable bonds is 14. The molecule has 0 radical (unpaired) electrons. The topological polar surface area (TPSA) is 159 Å². The van der Waals surface area contributed by atoms with Crippen molar-refractivity contribution in [2.24, 2.45) is 0 Å². The van der Waals surface area contributed by atoms with Gasteiger partial charge in [-0.2, -0.15) is 9.83 Å². The summed E-state index contributed by atoms with van der Waals surface area (Å²) in [5, 5.41) is 30.7. The summed E-state index contributed by atoms with van der Waals surface area (Å²) in [7, 11) is 3.14. The number of aliphatic hydroxyl groups is 1. The second-order valence-electron chi connectivity index (χ2n) is 12.0. The molecule has 0 saturated heterocycles. The fourth-order valence-corrected chi connectivity index (χ4v) is 6.42. The number of nitrogens with one attached hydrogen (secondary N) is 1.